The van der Waals surface area contributed by atoms with Gasteiger partial charge in [0.1, 0.15) is 22.4 Å². The highest BCUT2D eigenvalue weighted by molar-refractivity contribution is 9.10. The van der Waals surface area contributed by atoms with Crippen molar-refractivity contribution in [2.45, 2.75) is 32.4 Å². The molecule has 90 valence electrons. The van der Waals surface area contributed by atoms with E-state index in [2.05, 4.69) is 36.5 Å². The minimum absolute atomic E-state index is 0.149. The van der Waals surface area contributed by atoms with E-state index >= 15 is 0 Å². The smallest absolute Gasteiger partial charge is 0.146 e. The van der Waals surface area contributed by atoms with Crippen LogP contribution in [0.4, 0.5) is 11.6 Å². The van der Waals surface area contributed by atoms with Gasteiger partial charge in [-0.3, -0.25) is 0 Å². The summed E-state index contributed by atoms with van der Waals surface area (Å²) in [6.45, 7) is 3.77. The molecule has 1 heterocycles. The molecule has 5 nitrogen and oxygen atoms in total. The Morgan fingerprint density at radius 3 is 2.56 bits per heavy atom. The van der Waals surface area contributed by atoms with Crippen LogP contribution in [0.25, 0.3) is 0 Å². The van der Waals surface area contributed by atoms with E-state index in [0.717, 1.165) is 16.1 Å². The molecule has 6 heteroatoms. The van der Waals surface area contributed by atoms with Gasteiger partial charge in [-0.1, -0.05) is 0 Å². The van der Waals surface area contributed by atoms with Crippen LogP contribution in [0, 0.1) is 0 Å². The molecule has 0 fully saturated rings. The normalized spacial score (nSPS) is 14.3. The number of aliphatic hydroxyl groups excluding tert-OH is 1. The van der Waals surface area contributed by atoms with Crippen molar-refractivity contribution in [1.29, 1.82) is 0 Å². The zero-order valence-electron chi connectivity index (χ0n) is 9.66. The number of aromatic nitrogens is 2. The lowest BCUT2D eigenvalue weighted by Crippen LogP contribution is -2.21. The lowest BCUT2D eigenvalue weighted by atomic mass is 10.1. The second-order valence-electron chi connectivity index (χ2n) is 3.76. The van der Waals surface area contributed by atoms with E-state index in [0.29, 0.717) is 6.42 Å². The average Bonchev–Trinajstić information content (AvgIpc) is 2.20. The number of aliphatic hydroxyl groups is 1. The Labute approximate surface area is 104 Å². The number of hydrogen-bond acceptors (Lipinski definition) is 5. The molecule has 1 rings (SSSR count). The molecule has 1 aromatic rings. The van der Waals surface area contributed by atoms with Crippen LogP contribution in [0.2, 0.25) is 0 Å². The predicted molar refractivity (Wildman–Crippen MR) is 68.7 cm³/mol. The number of nitrogens with one attached hydrogen (secondary N) is 2. The average molecular weight is 289 g/mol. The highest BCUT2D eigenvalue weighted by Gasteiger charge is 2.11. The van der Waals surface area contributed by atoms with Gasteiger partial charge in [-0.25, -0.2) is 9.97 Å². The SMILES string of the molecule is CNc1ncnc(NC(C)CC(C)O)c1Br. The number of nitrogens with zero attached hydrogens (tertiary/aromatic N) is 2. The van der Waals surface area contributed by atoms with E-state index in [1.165, 1.54) is 6.33 Å². The molecule has 0 spiro atoms. The largest absolute Gasteiger partial charge is 0.393 e. The van der Waals surface area contributed by atoms with Crippen molar-refractivity contribution in [2.75, 3.05) is 17.7 Å². The summed E-state index contributed by atoms with van der Waals surface area (Å²) in [6.07, 6.45) is 1.84. The molecule has 0 saturated heterocycles. The standard InChI is InChI=1S/C10H17BrN4O/c1-6(4-7(2)16)15-10-8(11)9(12-3)13-5-14-10/h5-7,16H,4H2,1-3H3,(H2,12,13,14,15). The third-order valence-electron chi connectivity index (χ3n) is 2.10. The van der Waals surface area contributed by atoms with Crippen LogP contribution in [0.3, 0.4) is 0 Å². The molecule has 0 radical (unpaired) electrons. The van der Waals surface area contributed by atoms with Gasteiger partial charge >= 0.3 is 0 Å². The fourth-order valence-corrected chi connectivity index (χ4v) is 1.97. The Kier molecular flexibility index (Phi) is 4.95. The molecule has 0 aliphatic carbocycles. The van der Waals surface area contributed by atoms with Gasteiger partial charge in [0.15, 0.2) is 0 Å². The number of rotatable bonds is 5. The van der Waals surface area contributed by atoms with Gasteiger partial charge in [-0.05, 0) is 36.2 Å². The molecule has 1 aromatic heterocycles. The topological polar surface area (TPSA) is 70.1 Å². The van der Waals surface area contributed by atoms with E-state index in [1.807, 2.05) is 6.92 Å². The van der Waals surface area contributed by atoms with Crippen molar-refractivity contribution in [3.05, 3.63) is 10.8 Å². The third-order valence-corrected chi connectivity index (χ3v) is 2.86. The molecule has 2 unspecified atom stereocenters. The van der Waals surface area contributed by atoms with E-state index in [1.54, 1.807) is 14.0 Å². The number of anilines is 2. The fourth-order valence-electron chi connectivity index (χ4n) is 1.45. The van der Waals surface area contributed by atoms with Crippen molar-refractivity contribution in [1.82, 2.24) is 9.97 Å². The Hall–Kier alpha value is -0.880. The van der Waals surface area contributed by atoms with E-state index in [4.69, 9.17) is 0 Å². The van der Waals surface area contributed by atoms with Crippen LogP contribution in [-0.2, 0) is 0 Å². The molecular weight excluding hydrogens is 272 g/mol. The maximum atomic E-state index is 9.27. The van der Waals surface area contributed by atoms with Crippen molar-refractivity contribution in [3.63, 3.8) is 0 Å². The van der Waals surface area contributed by atoms with Crippen LogP contribution in [-0.4, -0.2) is 34.3 Å². The third kappa shape index (κ3) is 3.61. The van der Waals surface area contributed by atoms with Gasteiger partial charge in [-0.2, -0.15) is 0 Å². The second kappa shape index (κ2) is 6.00. The first-order valence-electron chi connectivity index (χ1n) is 5.17. The predicted octanol–water partition coefficient (Wildman–Crippen LogP) is 1.85. The van der Waals surface area contributed by atoms with Gasteiger partial charge in [0.05, 0.1) is 6.10 Å². The molecule has 2 atom stereocenters. The van der Waals surface area contributed by atoms with Gasteiger partial charge in [-0.15, -0.1) is 0 Å². The summed E-state index contributed by atoms with van der Waals surface area (Å²) in [5, 5.41) is 15.5. The monoisotopic (exact) mass is 288 g/mol. The summed E-state index contributed by atoms with van der Waals surface area (Å²) < 4.78 is 0.801. The first kappa shape index (κ1) is 13.2. The highest BCUT2D eigenvalue weighted by Crippen LogP contribution is 2.26. The zero-order chi connectivity index (χ0) is 12.1. The summed E-state index contributed by atoms with van der Waals surface area (Å²) in [7, 11) is 1.80. The van der Waals surface area contributed by atoms with Crippen LogP contribution < -0.4 is 10.6 Å². The maximum Gasteiger partial charge on any atom is 0.146 e. The van der Waals surface area contributed by atoms with E-state index in [-0.39, 0.29) is 12.1 Å². The molecule has 16 heavy (non-hydrogen) atoms. The van der Waals surface area contributed by atoms with Crippen LogP contribution >= 0.6 is 15.9 Å². The maximum absolute atomic E-state index is 9.27. The summed E-state index contributed by atoms with van der Waals surface area (Å²) in [5.74, 6) is 1.47. The summed E-state index contributed by atoms with van der Waals surface area (Å²) in [4.78, 5) is 8.21. The molecule has 0 aliphatic rings. The van der Waals surface area contributed by atoms with Crippen molar-refractivity contribution >= 4 is 27.6 Å². The zero-order valence-corrected chi connectivity index (χ0v) is 11.2. The second-order valence-corrected chi connectivity index (χ2v) is 4.56. The first-order valence-corrected chi connectivity index (χ1v) is 5.96. The highest BCUT2D eigenvalue weighted by atomic mass is 79.9. The molecule has 3 N–H and O–H groups in total. The van der Waals surface area contributed by atoms with Crippen molar-refractivity contribution in [2.24, 2.45) is 0 Å². The molecule has 0 aromatic carbocycles. The Morgan fingerprint density at radius 2 is 2.00 bits per heavy atom. The number of halogens is 1. The Morgan fingerprint density at radius 1 is 1.38 bits per heavy atom. The molecular formula is C10H17BrN4O. The fraction of sp³-hybridized carbons (Fsp3) is 0.600. The summed E-state index contributed by atoms with van der Waals surface area (Å²) in [5.41, 5.74) is 0. The summed E-state index contributed by atoms with van der Waals surface area (Å²) in [6, 6.07) is 0.149. The van der Waals surface area contributed by atoms with Gasteiger partial charge in [0.2, 0.25) is 0 Å². The Balaban J connectivity index is 2.73. The van der Waals surface area contributed by atoms with Crippen LogP contribution in [0.5, 0.6) is 0 Å². The first-order chi connectivity index (χ1) is 7.54. The van der Waals surface area contributed by atoms with Gasteiger partial charge < -0.3 is 15.7 Å². The molecule has 0 amide bonds. The molecule has 0 bridgehead atoms. The van der Waals surface area contributed by atoms with E-state index < -0.39 is 0 Å². The minimum atomic E-state index is -0.327. The van der Waals surface area contributed by atoms with Crippen molar-refractivity contribution in [3.8, 4) is 0 Å². The minimum Gasteiger partial charge on any atom is -0.393 e. The molecule has 0 saturated carbocycles. The molecule has 0 aliphatic heterocycles. The lowest BCUT2D eigenvalue weighted by molar-refractivity contribution is 0.179. The Bertz CT molecular complexity index is 346. The quantitative estimate of drug-likeness (QED) is 0.771. The lowest BCUT2D eigenvalue weighted by Gasteiger charge is -2.17. The van der Waals surface area contributed by atoms with Gasteiger partial charge in [0, 0.05) is 13.1 Å². The van der Waals surface area contributed by atoms with Crippen molar-refractivity contribution < 1.29 is 5.11 Å². The van der Waals surface area contributed by atoms with Crippen LogP contribution in [0.15, 0.2) is 10.8 Å². The van der Waals surface area contributed by atoms with Gasteiger partial charge in [0.25, 0.3) is 0 Å². The van der Waals surface area contributed by atoms with E-state index in [9.17, 15) is 5.11 Å². The summed E-state index contributed by atoms with van der Waals surface area (Å²) >= 11 is 3.42. The number of hydrogen-bond donors (Lipinski definition) is 3. The van der Waals surface area contributed by atoms with Crippen LogP contribution in [0.1, 0.15) is 20.3 Å².